The van der Waals surface area contributed by atoms with E-state index in [4.69, 9.17) is 4.74 Å². The highest BCUT2D eigenvalue weighted by molar-refractivity contribution is 6.00. The second-order valence-corrected chi connectivity index (χ2v) is 29.4. The lowest BCUT2D eigenvalue weighted by atomic mass is 9.97. The first kappa shape index (κ1) is 82.3. The number of carbonyl (C=O) groups excluding carboxylic acids is 12. The summed E-state index contributed by atoms with van der Waals surface area (Å²) < 4.78 is 6.20. The van der Waals surface area contributed by atoms with Crippen LogP contribution in [0.25, 0.3) is 0 Å². The highest BCUT2D eigenvalue weighted by Gasteiger charge is 2.44. The highest BCUT2D eigenvalue weighted by atomic mass is 16.5. The van der Waals surface area contributed by atoms with Gasteiger partial charge in [0.1, 0.15) is 66.2 Å². The van der Waals surface area contributed by atoms with Gasteiger partial charge < -0.3 is 70.7 Å². The summed E-state index contributed by atoms with van der Waals surface area (Å²) in [7, 11) is 8.36. The number of amides is 12. The molecule has 0 aliphatic carbocycles. The maximum absolute atomic E-state index is 15.5. The molecule has 26 heteroatoms. The Morgan fingerprint density at radius 2 is 1.02 bits per heavy atom. The Morgan fingerprint density at radius 3 is 1.54 bits per heavy atom. The number of nitrogens with zero attached hydrogens (tertiary/aromatic N) is 7. The van der Waals surface area contributed by atoms with Crippen molar-refractivity contribution in [2.45, 2.75) is 214 Å². The van der Waals surface area contributed by atoms with Crippen molar-refractivity contribution in [2.75, 3.05) is 68.5 Å². The first-order chi connectivity index (χ1) is 45.7. The number of piperidine rings is 1. The number of likely N-dealkylation sites (N-methyl/N-ethyl adjacent to an activating group) is 6. The summed E-state index contributed by atoms with van der Waals surface area (Å²) in [6.07, 6.45) is 1.53. The second-order valence-electron chi connectivity index (χ2n) is 29.4. The summed E-state index contributed by atoms with van der Waals surface area (Å²) in [6.45, 7) is 24.0. The van der Waals surface area contributed by atoms with E-state index in [1.54, 1.807) is 110 Å². The van der Waals surface area contributed by atoms with Gasteiger partial charge in [0.25, 0.3) is 0 Å². The van der Waals surface area contributed by atoms with Crippen molar-refractivity contribution in [3.63, 3.8) is 0 Å². The SMILES string of the molecule is CC(C)C[C@H]1C(=O)N[C@@H](COC(C)(C)C)C(=O)N(C)[C@@H](Cc2ccccc2)C(=O)N(C)[C@@H](C(C)C)C(=O)N[C@H](C(=O)N2CCCCC2)CC(=O)N[C@H](C(C)C)C(=O)N(C)[C@@H](C)C(=O)N[C@@H](C(C)C)C(=O)N(C)[C@@H](CC(C)C)C(=O)N[C@@H](Cc2ccc(O)cc2)C(=O)N(C)CC(=O)N1C. The number of hydrogen-bond donors (Lipinski definition) is 6. The molecule has 2 saturated heterocycles. The van der Waals surface area contributed by atoms with Crippen LogP contribution < -0.4 is 26.6 Å². The van der Waals surface area contributed by atoms with E-state index >= 15 is 19.2 Å². The van der Waals surface area contributed by atoms with Gasteiger partial charge in [-0.3, -0.25) is 57.5 Å². The minimum atomic E-state index is -1.49. The first-order valence-electron chi connectivity index (χ1n) is 34.5. The molecular formula is C72H114N12O14. The zero-order valence-corrected chi connectivity index (χ0v) is 61.7. The molecule has 0 spiro atoms. The van der Waals surface area contributed by atoms with E-state index in [1.807, 2.05) is 27.7 Å². The van der Waals surface area contributed by atoms with Gasteiger partial charge in [-0.15, -0.1) is 0 Å². The van der Waals surface area contributed by atoms with Crippen LogP contribution in [-0.4, -0.2) is 245 Å². The number of benzene rings is 2. The zero-order valence-electron chi connectivity index (χ0n) is 61.7. The minimum absolute atomic E-state index is 0.0556. The van der Waals surface area contributed by atoms with E-state index < -0.39 is 174 Å². The number of hydrogen-bond acceptors (Lipinski definition) is 14. The average Bonchev–Trinajstić information content (AvgIpc) is 0.820. The topological polar surface area (TPSA) is 317 Å². The van der Waals surface area contributed by atoms with Gasteiger partial charge in [0.15, 0.2) is 0 Å². The Labute approximate surface area is 580 Å². The van der Waals surface area contributed by atoms with Crippen LogP contribution in [0.1, 0.15) is 147 Å². The predicted octanol–water partition coefficient (Wildman–Crippen LogP) is 3.51. The highest BCUT2D eigenvalue weighted by Crippen LogP contribution is 2.23. The molecule has 2 aliphatic heterocycles. The molecule has 0 radical (unpaired) electrons. The predicted molar refractivity (Wildman–Crippen MR) is 372 cm³/mol. The van der Waals surface area contributed by atoms with Crippen molar-refractivity contribution in [1.29, 1.82) is 0 Å². The van der Waals surface area contributed by atoms with Crippen LogP contribution in [0.3, 0.4) is 0 Å². The number of phenols is 1. The van der Waals surface area contributed by atoms with Gasteiger partial charge in [0.2, 0.25) is 70.9 Å². The summed E-state index contributed by atoms with van der Waals surface area (Å²) in [4.78, 5) is 187. The zero-order chi connectivity index (χ0) is 74.0. The molecule has 6 N–H and O–H groups in total. The Balaban J connectivity index is 1.95. The van der Waals surface area contributed by atoms with Crippen LogP contribution in [0.5, 0.6) is 5.75 Å². The van der Waals surface area contributed by atoms with Crippen LogP contribution in [0.4, 0.5) is 0 Å². The standard InChI is InChI=1S/C72H114N12O14/c1-42(2)35-54-63(89)75-53(41-98-72(12,13)14)67(93)82(19)56(38-48-27-23-21-24-28-48)69(95)83(20)61(46(9)10)65(91)74-52(68(94)84-33-25-22-26-34-84)39-57(86)76-59(44(5)6)70(96)79(16)47(11)62(88)77-60(45(7)8)71(97)81(18)55(36-43(3)4)64(90)73-51(37-49-29-31-50(85)32-30-49)66(92)78(15)40-58(87)80(54)17/h21,23-24,27-32,42-47,51-56,59-61,85H,22,25-26,33-41H2,1-20H3,(H,73,90)(H,74,91)(H,75,89)(H,76,86)(H,77,88)/t47-,51-,52-,53-,54-,55-,56-,59+,60-,61-/m0/s1. The van der Waals surface area contributed by atoms with Crippen molar-refractivity contribution in [3.8, 4) is 5.75 Å². The maximum atomic E-state index is 15.5. The molecule has 546 valence electrons. The molecule has 2 heterocycles. The van der Waals surface area contributed by atoms with Crippen molar-refractivity contribution in [2.24, 2.45) is 29.6 Å². The molecule has 2 aliphatic rings. The van der Waals surface area contributed by atoms with E-state index in [0.717, 1.165) is 16.2 Å². The average molecular weight is 1370 g/mol. The molecule has 2 aromatic carbocycles. The number of nitrogens with one attached hydrogen (secondary N) is 5. The molecule has 10 atom stereocenters. The van der Waals surface area contributed by atoms with Gasteiger partial charge in [-0.2, -0.15) is 0 Å². The maximum Gasteiger partial charge on any atom is 0.247 e. The quantitative estimate of drug-likeness (QED) is 0.158. The third kappa shape index (κ3) is 23.5. The monoisotopic (exact) mass is 1370 g/mol. The van der Waals surface area contributed by atoms with Crippen molar-refractivity contribution >= 4 is 70.9 Å². The summed E-state index contributed by atoms with van der Waals surface area (Å²) in [5.41, 5.74) is 0.295. The molecule has 26 nitrogen and oxygen atoms in total. The second kappa shape index (κ2) is 37.1. The molecular weight excluding hydrogens is 1260 g/mol. The Morgan fingerprint density at radius 1 is 0.520 bits per heavy atom. The van der Waals surface area contributed by atoms with E-state index in [9.17, 15) is 43.5 Å². The lowest BCUT2D eigenvalue weighted by Gasteiger charge is -2.38. The molecule has 2 fully saturated rings. The smallest absolute Gasteiger partial charge is 0.247 e. The minimum Gasteiger partial charge on any atom is -0.508 e. The first-order valence-corrected chi connectivity index (χ1v) is 34.5. The van der Waals surface area contributed by atoms with Gasteiger partial charge in [0, 0.05) is 68.2 Å². The van der Waals surface area contributed by atoms with Crippen molar-refractivity contribution < 1.29 is 67.4 Å². The van der Waals surface area contributed by atoms with Crippen LogP contribution in [0, 0.1) is 29.6 Å². The molecule has 12 amide bonds. The van der Waals surface area contributed by atoms with Gasteiger partial charge in [-0.1, -0.05) is 112 Å². The third-order valence-electron chi connectivity index (χ3n) is 18.2. The number of ether oxygens (including phenoxy) is 1. The lowest BCUT2D eigenvalue weighted by Crippen LogP contribution is -2.62. The number of rotatable bonds is 14. The Bertz CT molecular complexity index is 3080. The van der Waals surface area contributed by atoms with Gasteiger partial charge >= 0.3 is 0 Å². The summed E-state index contributed by atoms with van der Waals surface area (Å²) in [6, 6.07) is 1.57. The van der Waals surface area contributed by atoms with Crippen LogP contribution >= 0.6 is 0 Å². The van der Waals surface area contributed by atoms with Crippen LogP contribution in [0.15, 0.2) is 54.6 Å². The largest absolute Gasteiger partial charge is 0.508 e. The molecule has 0 aromatic heterocycles. The summed E-state index contributed by atoms with van der Waals surface area (Å²) >= 11 is 0. The van der Waals surface area contributed by atoms with Crippen molar-refractivity contribution in [3.05, 3.63) is 65.7 Å². The number of likely N-dealkylation sites (tertiary alicyclic amines) is 1. The summed E-state index contributed by atoms with van der Waals surface area (Å²) in [5.74, 6) is -10.9. The van der Waals surface area contributed by atoms with E-state index in [2.05, 4.69) is 26.6 Å². The third-order valence-corrected chi connectivity index (χ3v) is 18.2. The van der Waals surface area contributed by atoms with E-state index in [-0.39, 0.29) is 43.3 Å². The number of carbonyl (C=O) groups is 12. The normalized spacial score (nSPS) is 25.1. The van der Waals surface area contributed by atoms with Gasteiger partial charge in [0.05, 0.1) is 25.2 Å². The van der Waals surface area contributed by atoms with Crippen LogP contribution in [-0.2, 0) is 75.1 Å². The molecule has 0 bridgehead atoms. The van der Waals surface area contributed by atoms with E-state index in [1.165, 1.54) is 80.9 Å². The molecule has 0 unspecified atom stereocenters. The summed E-state index contributed by atoms with van der Waals surface area (Å²) in [5, 5.41) is 24.3. The Kier molecular flexibility index (Phi) is 31.2. The van der Waals surface area contributed by atoms with Crippen molar-refractivity contribution in [1.82, 2.24) is 60.9 Å². The number of aromatic hydroxyl groups is 1. The fourth-order valence-corrected chi connectivity index (χ4v) is 12.1. The van der Waals surface area contributed by atoms with Gasteiger partial charge in [-0.25, -0.2) is 0 Å². The van der Waals surface area contributed by atoms with E-state index in [0.29, 0.717) is 37.1 Å². The Hall–Kier alpha value is -8.16. The molecule has 0 saturated carbocycles. The lowest BCUT2D eigenvalue weighted by molar-refractivity contribution is -0.152. The van der Waals surface area contributed by atoms with Gasteiger partial charge in [-0.05, 0) is 113 Å². The fourth-order valence-electron chi connectivity index (χ4n) is 12.1. The molecule has 4 rings (SSSR count). The fraction of sp³-hybridized carbons (Fsp3) is 0.667. The van der Waals surface area contributed by atoms with Crippen LogP contribution in [0.2, 0.25) is 0 Å². The molecule has 98 heavy (non-hydrogen) atoms. The molecule has 2 aromatic rings. The number of phenolic OH excluding ortho intramolecular Hbond substituents is 1.